The van der Waals surface area contributed by atoms with Crippen molar-refractivity contribution in [1.82, 2.24) is 0 Å². The van der Waals surface area contributed by atoms with Crippen molar-refractivity contribution >= 4 is 21.4 Å². The number of hydrogen-bond acceptors (Lipinski definition) is 4. The Bertz CT molecular complexity index is 181. The van der Waals surface area contributed by atoms with Gasteiger partial charge in [-0.1, -0.05) is 13.8 Å². The summed E-state index contributed by atoms with van der Waals surface area (Å²) in [5.74, 6) is 0.732. The minimum atomic E-state index is -2.55. The Hall–Kier alpha value is 0.447. The molecule has 104 valence electrons. The Morgan fingerprint density at radius 2 is 1.47 bits per heavy atom. The largest absolute Gasteiger partial charge is 0.502 e. The Labute approximate surface area is 113 Å². The number of hydrogen-bond donors (Lipinski definition) is 1. The fourth-order valence-corrected chi connectivity index (χ4v) is 5.25. The summed E-state index contributed by atoms with van der Waals surface area (Å²) in [5, 5.41) is 0. The summed E-state index contributed by atoms with van der Waals surface area (Å²) in [6.45, 7) is 11.6. The highest BCUT2D eigenvalue weighted by molar-refractivity contribution is 7.80. The molecule has 0 aromatic heterocycles. The lowest BCUT2D eigenvalue weighted by Gasteiger charge is -2.38. The summed E-state index contributed by atoms with van der Waals surface area (Å²) < 4.78 is 18.0. The van der Waals surface area contributed by atoms with Crippen LogP contribution >= 0.6 is 12.6 Å². The van der Waals surface area contributed by atoms with E-state index in [1.807, 2.05) is 13.8 Å². The van der Waals surface area contributed by atoms with Gasteiger partial charge in [-0.25, -0.2) is 0 Å². The first kappa shape index (κ1) is 17.4. The lowest BCUT2D eigenvalue weighted by atomic mass is 10.0. The van der Waals surface area contributed by atoms with E-state index >= 15 is 0 Å². The van der Waals surface area contributed by atoms with E-state index in [1.165, 1.54) is 0 Å². The maximum Gasteiger partial charge on any atom is 0.502 e. The van der Waals surface area contributed by atoms with Gasteiger partial charge in [-0.2, -0.15) is 12.6 Å². The molecule has 0 aromatic carbocycles. The molecule has 0 spiro atoms. The molecule has 0 saturated carbocycles. The van der Waals surface area contributed by atoms with E-state index in [1.54, 1.807) is 0 Å². The molecule has 0 unspecified atom stereocenters. The van der Waals surface area contributed by atoms with Crippen molar-refractivity contribution in [3.63, 3.8) is 0 Å². The summed E-state index contributed by atoms with van der Waals surface area (Å²) in [4.78, 5) is 0. The maximum atomic E-state index is 6.29. The van der Waals surface area contributed by atoms with E-state index in [9.17, 15) is 0 Å². The third kappa shape index (κ3) is 5.74. The molecular weight excluding hydrogens is 252 g/mol. The highest BCUT2D eigenvalue weighted by Gasteiger charge is 2.45. The van der Waals surface area contributed by atoms with Crippen molar-refractivity contribution in [1.29, 1.82) is 0 Å². The van der Waals surface area contributed by atoms with E-state index in [-0.39, 0.29) is 5.60 Å². The average Bonchev–Trinajstić information content (AvgIpc) is 2.30. The van der Waals surface area contributed by atoms with Gasteiger partial charge in [0.2, 0.25) is 0 Å². The summed E-state index contributed by atoms with van der Waals surface area (Å²) in [5.41, 5.74) is -0.153. The van der Waals surface area contributed by atoms with Crippen molar-refractivity contribution in [2.75, 3.05) is 19.0 Å². The second kappa shape index (κ2) is 8.53. The number of thiol groups is 1. The third-order valence-electron chi connectivity index (χ3n) is 3.04. The lowest BCUT2D eigenvalue weighted by molar-refractivity contribution is -0.0234. The second-order valence-corrected chi connectivity index (χ2v) is 7.38. The van der Waals surface area contributed by atoms with Crippen LogP contribution in [-0.2, 0) is 13.3 Å². The quantitative estimate of drug-likeness (QED) is 0.490. The van der Waals surface area contributed by atoms with Gasteiger partial charge in [-0.05, 0) is 39.4 Å². The van der Waals surface area contributed by atoms with E-state index in [4.69, 9.17) is 13.3 Å². The van der Waals surface area contributed by atoms with Gasteiger partial charge in [0.15, 0.2) is 0 Å². The van der Waals surface area contributed by atoms with Crippen LogP contribution in [-0.4, -0.2) is 33.4 Å². The smallest absolute Gasteiger partial charge is 0.374 e. The fourth-order valence-electron chi connectivity index (χ4n) is 1.64. The van der Waals surface area contributed by atoms with Crippen LogP contribution in [0.3, 0.4) is 0 Å². The highest BCUT2D eigenvalue weighted by Crippen LogP contribution is 2.28. The summed E-state index contributed by atoms with van der Waals surface area (Å²) in [7, 11) is -2.55. The zero-order valence-electron chi connectivity index (χ0n) is 11.9. The van der Waals surface area contributed by atoms with Crippen molar-refractivity contribution in [2.24, 2.45) is 0 Å². The van der Waals surface area contributed by atoms with Crippen LogP contribution in [0.4, 0.5) is 0 Å². The maximum absolute atomic E-state index is 6.29. The van der Waals surface area contributed by atoms with Crippen LogP contribution in [0.2, 0.25) is 6.04 Å². The molecule has 0 amide bonds. The summed E-state index contributed by atoms with van der Waals surface area (Å²) >= 11 is 4.30. The van der Waals surface area contributed by atoms with E-state index < -0.39 is 8.80 Å². The molecule has 0 N–H and O–H groups in total. The van der Waals surface area contributed by atoms with E-state index in [0.717, 1.165) is 24.6 Å². The molecule has 0 aromatic rings. The molecule has 0 radical (unpaired) electrons. The third-order valence-corrected chi connectivity index (χ3v) is 6.81. The Balaban J connectivity index is 4.85. The molecule has 0 saturated heterocycles. The highest BCUT2D eigenvalue weighted by atomic mass is 32.1. The van der Waals surface area contributed by atoms with Gasteiger partial charge in [-0.3, -0.25) is 0 Å². The van der Waals surface area contributed by atoms with E-state index in [2.05, 4.69) is 33.4 Å². The minimum Gasteiger partial charge on any atom is -0.374 e. The monoisotopic (exact) mass is 280 g/mol. The number of rotatable bonds is 10. The molecule has 0 aliphatic rings. The standard InChI is InChI=1S/C12H28O3SSi/c1-6-12(5,7-2)15-17(11-10-16,13-8-3)14-9-4/h16H,6-11H2,1-5H3. The van der Waals surface area contributed by atoms with Crippen molar-refractivity contribution in [3.8, 4) is 0 Å². The van der Waals surface area contributed by atoms with Gasteiger partial charge in [0.25, 0.3) is 0 Å². The van der Waals surface area contributed by atoms with Gasteiger partial charge < -0.3 is 13.3 Å². The molecule has 5 heteroatoms. The van der Waals surface area contributed by atoms with Gasteiger partial charge in [0, 0.05) is 19.3 Å². The van der Waals surface area contributed by atoms with Gasteiger partial charge in [0.1, 0.15) is 0 Å². The predicted octanol–water partition coefficient (Wildman–Crippen LogP) is 3.52. The molecule has 0 aliphatic carbocycles. The molecule has 0 aliphatic heterocycles. The van der Waals surface area contributed by atoms with Crippen LogP contribution < -0.4 is 0 Å². The zero-order valence-corrected chi connectivity index (χ0v) is 13.8. The van der Waals surface area contributed by atoms with Gasteiger partial charge >= 0.3 is 8.80 Å². The first-order valence-electron chi connectivity index (χ1n) is 6.60. The SMILES string of the molecule is CCO[Si](CCS)(OCC)OC(C)(CC)CC. The van der Waals surface area contributed by atoms with Crippen LogP contribution in [0, 0.1) is 0 Å². The van der Waals surface area contributed by atoms with Crippen molar-refractivity contribution in [2.45, 2.75) is 59.1 Å². The predicted molar refractivity (Wildman–Crippen MR) is 77.7 cm³/mol. The minimum absolute atomic E-state index is 0.153. The Morgan fingerprint density at radius 1 is 1.00 bits per heavy atom. The van der Waals surface area contributed by atoms with Gasteiger partial charge in [-0.15, -0.1) is 0 Å². The fraction of sp³-hybridized carbons (Fsp3) is 1.00. The van der Waals surface area contributed by atoms with E-state index in [0.29, 0.717) is 13.2 Å². The molecular formula is C12H28O3SSi. The molecule has 0 atom stereocenters. The summed E-state index contributed by atoms with van der Waals surface area (Å²) in [6.07, 6.45) is 1.93. The molecule has 0 rings (SSSR count). The first-order chi connectivity index (χ1) is 8.01. The van der Waals surface area contributed by atoms with Gasteiger partial charge in [0.05, 0.1) is 5.60 Å². The Kier molecular flexibility index (Phi) is 8.76. The first-order valence-corrected chi connectivity index (χ1v) is 9.16. The zero-order chi connectivity index (χ0) is 13.4. The molecule has 3 nitrogen and oxygen atoms in total. The molecule has 17 heavy (non-hydrogen) atoms. The molecule has 0 heterocycles. The van der Waals surface area contributed by atoms with Crippen LogP contribution in [0.1, 0.15) is 47.5 Å². The van der Waals surface area contributed by atoms with Crippen LogP contribution in [0.25, 0.3) is 0 Å². The molecule has 0 fully saturated rings. The second-order valence-electron chi connectivity index (χ2n) is 4.28. The lowest BCUT2D eigenvalue weighted by Crippen LogP contribution is -2.52. The van der Waals surface area contributed by atoms with Crippen molar-refractivity contribution in [3.05, 3.63) is 0 Å². The topological polar surface area (TPSA) is 27.7 Å². The molecule has 0 bridgehead atoms. The average molecular weight is 281 g/mol. The normalized spacial score (nSPS) is 13.1. The Morgan fingerprint density at radius 3 is 1.76 bits per heavy atom. The van der Waals surface area contributed by atoms with Crippen LogP contribution in [0.5, 0.6) is 0 Å². The van der Waals surface area contributed by atoms with Crippen molar-refractivity contribution < 1.29 is 13.3 Å². The summed E-state index contributed by atoms with van der Waals surface area (Å²) in [6, 6.07) is 0.771. The van der Waals surface area contributed by atoms with Crippen LogP contribution in [0.15, 0.2) is 0 Å².